The van der Waals surface area contributed by atoms with E-state index in [2.05, 4.69) is 15.6 Å². The largest absolute Gasteiger partial charge is 0.462 e. The van der Waals surface area contributed by atoms with Gasteiger partial charge in [-0.1, -0.05) is 0 Å². The van der Waals surface area contributed by atoms with Gasteiger partial charge in [-0.25, -0.2) is 4.98 Å². The lowest BCUT2D eigenvalue weighted by molar-refractivity contribution is -0.121. The second-order valence-electron chi connectivity index (χ2n) is 5.88. The van der Waals surface area contributed by atoms with E-state index in [9.17, 15) is 9.59 Å². The van der Waals surface area contributed by atoms with E-state index in [1.54, 1.807) is 18.4 Å². The number of aryl methyl sites for hydroxylation is 1. The molecule has 0 aliphatic rings. The number of nitrogens with one attached hydrogen (secondary N) is 2. The van der Waals surface area contributed by atoms with E-state index >= 15 is 0 Å². The average Bonchev–Trinajstić information content (AvgIpc) is 3.02. The van der Waals surface area contributed by atoms with E-state index in [1.807, 2.05) is 27.7 Å². The van der Waals surface area contributed by atoms with Crippen molar-refractivity contribution in [2.45, 2.75) is 33.2 Å². The third-order valence-corrected chi connectivity index (χ3v) is 3.65. The molecule has 0 aromatic carbocycles. The van der Waals surface area contributed by atoms with Gasteiger partial charge in [-0.05, 0) is 39.8 Å². The molecule has 7 heteroatoms. The van der Waals surface area contributed by atoms with E-state index in [0.29, 0.717) is 16.5 Å². The summed E-state index contributed by atoms with van der Waals surface area (Å²) in [5.74, 6) is 0.0215. The minimum absolute atomic E-state index is 0.0802. The van der Waals surface area contributed by atoms with Crippen LogP contribution < -0.4 is 10.6 Å². The zero-order chi connectivity index (χ0) is 16.3. The van der Waals surface area contributed by atoms with E-state index in [-0.39, 0.29) is 23.9 Å². The van der Waals surface area contributed by atoms with Gasteiger partial charge in [-0.15, -0.1) is 11.3 Å². The molecule has 0 saturated carbocycles. The number of rotatable bonds is 4. The highest BCUT2D eigenvalue weighted by Gasteiger charge is 2.19. The highest BCUT2D eigenvalue weighted by atomic mass is 32.1. The number of thiazole rings is 1. The highest BCUT2D eigenvalue weighted by molar-refractivity contribution is 7.15. The Morgan fingerprint density at radius 2 is 2.09 bits per heavy atom. The molecule has 0 bridgehead atoms. The zero-order valence-corrected chi connectivity index (χ0v) is 13.8. The Bertz CT molecular complexity index is 669. The van der Waals surface area contributed by atoms with Crippen LogP contribution >= 0.6 is 11.3 Å². The Morgan fingerprint density at radius 3 is 2.68 bits per heavy atom. The predicted molar refractivity (Wildman–Crippen MR) is 84.8 cm³/mol. The van der Waals surface area contributed by atoms with Gasteiger partial charge in [0.1, 0.15) is 5.69 Å². The van der Waals surface area contributed by atoms with Gasteiger partial charge in [-0.3, -0.25) is 9.59 Å². The van der Waals surface area contributed by atoms with Gasteiger partial charge in [0.2, 0.25) is 5.91 Å². The molecule has 0 aliphatic heterocycles. The van der Waals surface area contributed by atoms with Crippen LogP contribution in [0.1, 0.15) is 36.1 Å². The van der Waals surface area contributed by atoms with Gasteiger partial charge in [0.25, 0.3) is 5.91 Å². The molecular weight excluding hydrogens is 302 g/mol. The summed E-state index contributed by atoms with van der Waals surface area (Å²) in [5.41, 5.74) is -0.00915. The summed E-state index contributed by atoms with van der Waals surface area (Å²) in [6.45, 7) is 7.38. The van der Waals surface area contributed by atoms with Crippen molar-refractivity contribution >= 4 is 23.2 Å². The summed E-state index contributed by atoms with van der Waals surface area (Å²) in [4.78, 5) is 28.9. The van der Waals surface area contributed by atoms with Crippen LogP contribution in [0, 0.1) is 6.92 Å². The minimum Gasteiger partial charge on any atom is -0.462 e. The van der Waals surface area contributed by atoms with Crippen molar-refractivity contribution in [2.24, 2.45) is 0 Å². The Labute approximate surface area is 132 Å². The maximum absolute atomic E-state index is 12.1. The third-order valence-electron chi connectivity index (χ3n) is 2.67. The normalized spacial score (nSPS) is 11.3. The molecule has 2 heterocycles. The number of carbonyl (C=O) groups is 2. The molecule has 0 saturated heterocycles. The highest BCUT2D eigenvalue weighted by Crippen LogP contribution is 2.27. The van der Waals surface area contributed by atoms with Crippen LogP contribution in [-0.2, 0) is 4.79 Å². The fourth-order valence-electron chi connectivity index (χ4n) is 1.82. The zero-order valence-electron chi connectivity index (χ0n) is 13.0. The average molecular weight is 321 g/mol. The number of furan rings is 1. The number of amides is 2. The molecule has 118 valence electrons. The summed E-state index contributed by atoms with van der Waals surface area (Å²) in [6, 6.07) is 3.55. The van der Waals surface area contributed by atoms with Crippen LogP contribution in [0.3, 0.4) is 0 Å². The SMILES string of the molecule is Cc1sc(-c2ccco2)nc1C(=O)NCC(=O)NC(C)(C)C. The molecule has 0 aliphatic carbocycles. The summed E-state index contributed by atoms with van der Waals surface area (Å²) in [7, 11) is 0. The first-order valence-electron chi connectivity index (χ1n) is 6.87. The van der Waals surface area contributed by atoms with Gasteiger partial charge in [0, 0.05) is 10.4 Å². The Morgan fingerprint density at radius 1 is 1.36 bits per heavy atom. The number of aromatic nitrogens is 1. The van der Waals surface area contributed by atoms with Crippen molar-refractivity contribution in [3.63, 3.8) is 0 Å². The van der Waals surface area contributed by atoms with Crippen LogP contribution in [0.4, 0.5) is 0 Å². The molecule has 0 spiro atoms. The topological polar surface area (TPSA) is 84.2 Å². The molecule has 2 aromatic heterocycles. The lowest BCUT2D eigenvalue weighted by Gasteiger charge is -2.20. The maximum atomic E-state index is 12.1. The molecule has 2 aromatic rings. The molecule has 2 amide bonds. The quantitative estimate of drug-likeness (QED) is 0.905. The van der Waals surface area contributed by atoms with Crippen molar-refractivity contribution in [1.29, 1.82) is 0 Å². The monoisotopic (exact) mass is 321 g/mol. The lowest BCUT2D eigenvalue weighted by Crippen LogP contribution is -2.45. The van der Waals surface area contributed by atoms with Crippen LogP contribution in [0.5, 0.6) is 0 Å². The van der Waals surface area contributed by atoms with Gasteiger partial charge in [0.15, 0.2) is 10.8 Å². The standard InChI is InChI=1S/C15H19N3O3S/c1-9-12(17-14(22-9)10-6-5-7-21-10)13(20)16-8-11(19)18-15(2,3)4/h5-7H,8H2,1-4H3,(H,16,20)(H,18,19). The summed E-state index contributed by atoms with van der Waals surface area (Å²) >= 11 is 1.38. The third kappa shape index (κ3) is 4.17. The van der Waals surface area contributed by atoms with Gasteiger partial charge in [-0.2, -0.15) is 0 Å². The second kappa shape index (κ2) is 6.31. The van der Waals surface area contributed by atoms with Crippen molar-refractivity contribution in [1.82, 2.24) is 15.6 Å². The number of hydrogen-bond acceptors (Lipinski definition) is 5. The molecule has 22 heavy (non-hydrogen) atoms. The van der Waals surface area contributed by atoms with E-state index in [4.69, 9.17) is 4.42 Å². The van der Waals surface area contributed by atoms with Crippen molar-refractivity contribution in [3.8, 4) is 10.8 Å². The van der Waals surface area contributed by atoms with E-state index < -0.39 is 0 Å². The van der Waals surface area contributed by atoms with Crippen LogP contribution in [0.25, 0.3) is 10.8 Å². The van der Waals surface area contributed by atoms with E-state index in [1.165, 1.54) is 11.3 Å². The summed E-state index contributed by atoms with van der Waals surface area (Å²) < 4.78 is 5.27. The molecule has 6 nitrogen and oxygen atoms in total. The minimum atomic E-state index is -0.365. The van der Waals surface area contributed by atoms with E-state index in [0.717, 1.165) is 4.88 Å². The molecule has 0 unspecified atom stereocenters. The smallest absolute Gasteiger partial charge is 0.271 e. The van der Waals surface area contributed by atoms with Crippen molar-refractivity contribution in [3.05, 3.63) is 29.0 Å². The number of nitrogens with zero attached hydrogens (tertiary/aromatic N) is 1. The first kappa shape index (κ1) is 16.2. The number of hydrogen-bond donors (Lipinski definition) is 2. The number of carbonyl (C=O) groups excluding carboxylic acids is 2. The lowest BCUT2D eigenvalue weighted by atomic mass is 10.1. The Hall–Kier alpha value is -2.15. The summed E-state index contributed by atoms with van der Waals surface area (Å²) in [6.07, 6.45) is 1.56. The molecule has 0 radical (unpaired) electrons. The van der Waals surface area contributed by atoms with Gasteiger partial charge >= 0.3 is 0 Å². The second-order valence-corrected chi connectivity index (χ2v) is 7.09. The van der Waals surface area contributed by atoms with Gasteiger partial charge < -0.3 is 15.1 Å². The van der Waals surface area contributed by atoms with Crippen LogP contribution in [0.15, 0.2) is 22.8 Å². The Kier molecular flexibility index (Phi) is 4.65. The molecular formula is C15H19N3O3S. The molecule has 0 fully saturated rings. The van der Waals surface area contributed by atoms with Crippen molar-refractivity contribution in [2.75, 3.05) is 6.54 Å². The first-order chi connectivity index (χ1) is 10.3. The maximum Gasteiger partial charge on any atom is 0.271 e. The molecule has 2 rings (SSSR count). The molecule has 2 N–H and O–H groups in total. The molecule has 0 atom stereocenters. The van der Waals surface area contributed by atoms with Crippen molar-refractivity contribution < 1.29 is 14.0 Å². The van der Waals surface area contributed by atoms with Crippen LogP contribution in [-0.4, -0.2) is 28.9 Å². The fourth-order valence-corrected chi connectivity index (χ4v) is 2.70. The summed E-state index contributed by atoms with van der Waals surface area (Å²) in [5, 5.41) is 6.01. The van der Waals surface area contributed by atoms with Gasteiger partial charge in [0.05, 0.1) is 12.8 Å². The van der Waals surface area contributed by atoms with Crippen LogP contribution in [0.2, 0.25) is 0 Å². The Balaban J connectivity index is 2.00. The fraction of sp³-hybridized carbons (Fsp3) is 0.400. The first-order valence-corrected chi connectivity index (χ1v) is 7.68. The predicted octanol–water partition coefficient (Wildman–Crippen LogP) is 2.36.